The fourth-order valence-corrected chi connectivity index (χ4v) is 3.50. The van der Waals surface area contributed by atoms with E-state index in [4.69, 9.17) is 5.14 Å². The monoisotopic (exact) mass is 486 g/mol. The lowest BCUT2D eigenvalue weighted by Crippen LogP contribution is -2.19. The molecule has 4 aromatic rings. The lowest BCUT2D eigenvalue weighted by molar-refractivity contribution is -0.141. The average Bonchev–Trinajstić information content (AvgIpc) is 3.20. The second-order valence-electron chi connectivity index (χ2n) is 7.15. The number of nitrogens with zero attached hydrogens (tertiary/aromatic N) is 3. The molecule has 4 rings (SSSR count). The Kier molecular flexibility index (Phi) is 6.52. The first-order chi connectivity index (χ1) is 16.2. The highest BCUT2D eigenvalue weighted by Gasteiger charge is 2.32. The number of fused-ring (bicyclic) bond motifs is 1. The van der Waals surface area contributed by atoms with E-state index in [1.807, 2.05) is 6.07 Å². The van der Waals surface area contributed by atoms with Crippen LogP contribution in [-0.2, 0) is 17.5 Å². The summed E-state index contributed by atoms with van der Waals surface area (Å²) in [5.41, 5.74) is 0.00903. The minimum Gasteiger partial charge on any atom is -0.324 e. The van der Waals surface area contributed by atoms with E-state index in [2.05, 4.69) is 20.7 Å². The second-order valence-corrected chi connectivity index (χ2v) is 7.86. The molecule has 8 nitrogen and oxygen atoms in total. The van der Waals surface area contributed by atoms with E-state index in [1.165, 1.54) is 10.7 Å². The van der Waals surface area contributed by atoms with Gasteiger partial charge in [0.25, 0.3) is 5.91 Å². The fraction of sp³-hybridized carbons (Fsp3) is 0.0909. The molecule has 0 saturated heterocycles. The average molecular weight is 486 g/mol. The van der Waals surface area contributed by atoms with Crippen LogP contribution >= 0.6 is 11.9 Å². The summed E-state index contributed by atoms with van der Waals surface area (Å²) in [6, 6.07) is 15.0. The molecule has 2 aromatic carbocycles. The molecule has 4 N–H and O–H groups in total. The van der Waals surface area contributed by atoms with Crippen molar-refractivity contribution in [1.82, 2.24) is 14.8 Å². The molecule has 174 valence electrons. The third-order valence-corrected chi connectivity index (χ3v) is 5.17. The SMILES string of the molecule is NSc1cccc(NC(=O)Cn2cc3cc(NC(=O)c4cccc(C(F)(F)F)n4)ccc3n2)c1. The van der Waals surface area contributed by atoms with Crippen molar-refractivity contribution >= 4 is 46.0 Å². The number of nitrogens with two attached hydrogens (primary N) is 1. The first-order valence-electron chi connectivity index (χ1n) is 9.81. The van der Waals surface area contributed by atoms with E-state index in [-0.39, 0.29) is 18.1 Å². The van der Waals surface area contributed by atoms with Crippen LogP contribution in [-0.4, -0.2) is 26.6 Å². The summed E-state index contributed by atoms with van der Waals surface area (Å²) in [7, 11) is 0. The Morgan fingerprint density at radius 1 is 1.00 bits per heavy atom. The molecule has 0 aliphatic carbocycles. The van der Waals surface area contributed by atoms with Crippen LogP contribution in [0.25, 0.3) is 10.9 Å². The first-order valence-corrected chi connectivity index (χ1v) is 10.7. The van der Waals surface area contributed by atoms with Crippen LogP contribution in [0.5, 0.6) is 0 Å². The molecule has 0 aliphatic heterocycles. The lowest BCUT2D eigenvalue weighted by atomic mass is 10.2. The van der Waals surface area contributed by atoms with Gasteiger partial charge in [0.2, 0.25) is 5.91 Å². The number of carbonyl (C=O) groups excluding carboxylic acids is 2. The molecule has 12 heteroatoms. The first kappa shape index (κ1) is 23.3. The Labute approximate surface area is 195 Å². The number of pyridine rings is 1. The zero-order valence-corrected chi connectivity index (χ0v) is 18.2. The molecule has 2 heterocycles. The van der Waals surface area contributed by atoms with Gasteiger partial charge in [0.05, 0.1) is 5.52 Å². The molecule has 2 aromatic heterocycles. The van der Waals surface area contributed by atoms with Crippen molar-refractivity contribution in [2.24, 2.45) is 5.14 Å². The molecule has 0 aliphatic rings. The number of hydrogen-bond donors (Lipinski definition) is 3. The molecular formula is C22H17F3N6O2S. The van der Waals surface area contributed by atoms with E-state index in [0.717, 1.165) is 29.0 Å². The van der Waals surface area contributed by atoms with E-state index >= 15 is 0 Å². The minimum atomic E-state index is -4.65. The van der Waals surface area contributed by atoms with Gasteiger partial charge in [-0.2, -0.15) is 18.3 Å². The number of benzene rings is 2. The molecular weight excluding hydrogens is 469 g/mol. The summed E-state index contributed by atoms with van der Waals surface area (Å²) in [6.07, 6.45) is -3.03. The molecule has 0 unspecified atom stereocenters. The Hall–Kier alpha value is -3.90. The summed E-state index contributed by atoms with van der Waals surface area (Å²) in [4.78, 5) is 28.9. The van der Waals surface area contributed by atoms with E-state index < -0.39 is 17.8 Å². The topological polar surface area (TPSA) is 115 Å². The molecule has 2 amide bonds. The predicted molar refractivity (Wildman–Crippen MR) is 122 cm³/mol. The zero-order valence-electron chi connectivity index (χ0n) is 17.3. The van der Waals surface area contributed by atoms with Gasteiger partial charge in [-0.15, -0.1) is 0 Å². The zero-order chi connectivity index (χ0) is 24.3. The number of nitrogens with one attached hydrogen (secondary N) is 2. The summed E-state index contributed by atoms with van der Waals surface area (Å²) >= 11 is 1.07. The molecule has 0 bridgehead atoms. The van der Waals surface area contributed by atoms with Crippen LogP contribution in [0.15, 0.2) is 71.8 Å². The van der Waals surface area contributed by atoms with Crippen molar-refractivity contribution in [3.63, 3.8) is 0 Å². The molecule has 0 atom stereocenters. The maximum Gasteiger partial charge on any atom is 0.433 e. The molecule has 0 fully saturated rings. The number of anilines is 2. The highest BCUT2D eigenvalue weighted by molar-refractivity contribution is 7.97. The lowest BCUT2D eigenvalue weighted by Gasteiger charge is -2.08. The Morgan fingerprint density at radius 2 is 1.76 bits per heavy atom. The second kappa shape index (κ2) is 9.53. The van der Waals surface area contributed by atoms with Crippen molar-refractivity contribution < 1.29 is 22.8 Å². The van der Waals surface area contributed by atoms with Crippen molar-refractivity contribution in [3.8, 4) is 0 Å². The molecule has 34 heavy (non-hydrogen) atoms. The summed E-state index contributed by atoms with van der Waals surface area (Å²) in [5.74, 6) is -1.08. The largest absolute Gasteiger partial charge is 0.433 e. The van der Waals surface area contributed by atoms with Gasteiger partial charge in [0, 0.05) is 27.9 Å². The smallest absolute Gasteiger partial charge is 0.324 e. The van der Waals surface area contributed by atoms with Crippen molar-refractivity contribution in [1.29, 1.82) is 0 Å². The van der Waals surface area contributed by atoms with Gasteiger partial charge in [-0.25, -0.2) is 4.98 Å². The van der Waals surface area contributed by atoms with Gasteiger partial charge in [-0.3, -0.25) is 19.4 Å². The van der Waals surface area contributed by atoms with Gasteiger partial charge < -0.3 is 10.6 Å². The van der Waals surface area contributed by atoms with Gasteiger partial charge in [0.15, 0.2) is 0 Å². The number of rotatable bonds is 6. The predicted octanol–water partition coefficient (Wildman–Crippen LogP) is 4.31. The van der Waals surface area contributed by atoms with Crippen LogP contribution in [0.1, 0.15) is 16.2 Å². The van der Waals surface area contributed by atoms with Crippen LogP contribution in [0, 0.1) is 0 Å². The number of alkyl halides is 3. The Bertz CT molecular complexity index is 1370. The summed E-state index contributed by atoms with van der Waals surface area (Å²) < 4.78 is 40.0. The van der Waals surface area contributed by atoms with Crippen molar-refractivity contribution in [3.05, 3.63) is 78.2 Å². The number of amides is 2. The van der Waals surface area contributed by atoms with E-state index in [1.54, 1.807) is 42.6 Å². The van der Waals surface area contributed by atoms with Gasteiger partial charge in [0.1, 0.15) is 17.9 Å². The Morgan fingerprint density at radius 3 is 2.53 bits per heavy atom. The van der Waals surface area contributed by atoms with Crippen molar-refractivity contribution in [2.75, 3.05) is 10.6 Å². The summed E-state index contributed by atoms with van der Waals surface area (Å²) in [6.45, 7) is -0.0511. The number of hydrogen-bond acceptors (Lipinski definition) is 6. The van der Waals surface area contributed by atoms with Gasteiger partial charge in [-0.05, 0) is 60.5 Å². The molecule has 0 saturated carbocycles. The maximum atomic E-state index is 12.8. The minimum absolute atomic E-state index is 0.0511. The van der Waals surface area contributed by atoms with Crippen LogP contribution in [0.2, 0.25) is 0 Å². The van der Waals surface area contributed by atoms with E-state index in [9.17, 15) is 22.8 Å². The standard InChI is InChI=1S/C22H17F3N6O2S/c23-22(24,25)19-6-2-5-18(29-19)21(33)28-15-7-8-17-13(9-15)11-31(30-17)12-20(32)27-14-3-1-4-16(10-14)34-26/h1-11H,12,26H2,(H,27,32)(H,28,33). The third-order valence-electron chi connectivity index (χ3n) is 4.64. The third kappa shape index (κ3) is 5.53. The number of carbonyl (C=O) groups is 2. The molecule has 0 radical (unpaired) electrons. The van der Waals surface area contributed by atoms with Crippen LogP contribution in [0.4, 0.5) is 24.5 Å². The number of aromatic nitrogens is 3. The van der Waals surface area contributed by atoms with Crippen LogP contribution in [0.3, 0.4) is 0 Å². The summed E-state index contributed by atoms with van der Waals surface area (Å²) in [5, 5.41) is 15.8. The Balaban J connectivity index is 1.44. The normalized spacial score (nSPS) is 11.4. The maximum absolute atomic E-state index is 12.8. The molecule has 0 spiro atoms. The highest BCUT2D eigenvalue weighted by atomic mass is 32.2. The van der Waals surface area contributed by atoms with Crippen LogP contribution < -0.4 is 15.8 Å². The van der Waals surface area contributed by atoms with Crippen molar-refractivity contribution in [2.45, 2.75) is 17.6 Å². The highest BCUT2D eigenvalue weighted by Crippen LogP contribution is 2.27. The fourth-order valence-electron chi connectivity index (χ4n) is 3.14. The number of halogens is 3. The van der Waals surface area contributed by atoms with E-state index in [0.29, 0.717) is 22.3 Å². The quantitative estimate of drug-likeness (QED) is 0.350. The van der Waals surface area contributed by atoms with Gasteiger partial charge in [-0.1, -0.05) is 12.1 Å². The van der Waals surface area contributed by atoms with Gasteiger partial charge >= 0.3 is 6.18 Å².